The zero-order chi connectivity index (χ0) is 24.1. The van der Waals surface area contributed by atoms with Gasteiger partial charge in [-0.15, -0.1) is 0 Å². The first-order valence-corrected chi connectivity index (χ1v) is 11.5. The van der Waals surface area contributed by atoms with Gasteiger partial charge in [0.15, 0.2) is 0 Å². The summed E-state index contributed by atoms with van der Waals surface area (Å²) >= 11 is 6.10. The van der Waals surface area contributed by atoms with Gasteiger partial charge in [-0.05, 0) is 61.9 Å². The van der Waals surface area contributed by atoms with Gasteiger partial charge in [0.25, 0.3) is 11.5 Å². The Bertz CT molecular complexity index is 1340. The molecule has 7 heteroatoms. The summed E-state index contributed by atoms with van der Waals surface area (Å²) in [6.45, 7) is 2.86. The number of carbonyl (C=O) groups excluding carboxylic acids is 1. The summed E-state index contributed by atoms with van der Waals surface area (Å²) in [5.74, 6) is 0.349. The molecule has 0 aliphatic heterocycles. The molecule has 4 aromatic rings. The van der Waals surface area contributed by atoms with Gasteiger partial charge in [0.05, 0.1) is 22.6 Å². The van der Waals surface area contributed by atoms with Crippen LogP contribution in [0.5, 0.6) is 0 Å². The Morgan fingerprint density at radius 3 is 2.41 bits per heavy atom. The van der Waals surface area contributed by atoms with Crippen molar-refractivity contribution in [3.63, 3.8) is 0 Å². The van der Waals surface area contributed by atoms with Crippen LogP contribution in [-0.4, -0.2) is 40.6 Å². The summed E-state index contributed by atoms with van der Waals surface area (Å²) < 4.78 is 6.80. The third-order valence-corrected chi connectivity index (χ3v) is 6.01. The number of amides is 1. The Labute approximate surface area is 203 Å². The Morgan fingerprint density at radius 1 is 1.03 bits per heavy atom. The molecule has 0 fully saturated rings. The molecule has 0 bridgehead atoms. The van der Waals surface area contributed by atoms with Gasteiger partial charge in [0.2, 0.25) is 0 Å². The Hall–Kier alpha value is -3.48. The van der Waals surface area contributed by atoms with Crippen LogP contribution >= 0.6 is 11.6 Å². The molecular weight excluding hydrogens is 450 g/mol. The van der Waals surface area contributed by atoms with E-state index in [4.69, 9.17) is 21.3 Å². The predicted octanol–water partition coefficient (Wildman–Crippen LogP) is 5.28. The van der Waals surface area contributed by atoms with Crippen LogP contribution in [0.1, 0.15) is 35.6 Å². The molecule has 4 rings (SSSR count). The minimum absolute atomic E-state index is 0.130. The fraction of sp³-hybridized carbons (Fsp3) is 0.222. The highest BCUT2D eigenvalue weighted by molar-refractivity contribution is 6.30. The topological polar surface area (TPSA) is 64.4 Å². The third-order valence-electron chi connectivity index (χ3n) is 5.76. The number of fused-ring (bicyclic) bond motifs is 1. The first-order valence-electron chi connectivity index (χ1n) is 11.1. The van der Waals surface area contributed by atoms with E-state index in [-0.39, 0.29) is 11.5 Å². The maximum Gasteiger partial charge on any atom is 0.266 e. The molecule has 0 aliphatic rings. The van der Waals surface area contributed by atoms with Crippen LogP contribution in [0.3, 0.4) is 0 Å². The number of methoxy groups -OCH3 is 1. The molecular formula is C27H26ClN3O3. The van der Waals surface area contributed by atoms with E-state index in [1.165, 1.54) is 0 Å². The molecule has 174 valence electrons. The van der Waals surface area contributed by atoms with Crippen LogP contribution in [-0.2, 0) is 4.74 Å². The molecule has 1 unspecified atom stereocenters. The van der Waals surface area contributed by atoms with Crippen molar-refractivity contribution < 1.29 is 9.53 Å². The summed E-state index contributed by atoms with van der Waals surface area (Å²) in [4.78, 5) is 33.8. The van der Waals surface area contributed by atoms with Gasteiger partial charge >= 0.3 is 0 Å². The molecule has 34 heavy (non-hydrogen) atoms. The van der Waals surface area contributed by atoms with Crippen molar-refractivity contribution in [3.05, 3.63) is 106 Å². The van der Waals surface area contributed by atoms with Crippen molar-refractivity contribution in [2.45, 2.75) is 19.4 Å². The Balaban J connectivity index is 1.88. The van der Waals surface area contributed by atoms with Crippen LogP contribution in [0.25, 0.3) is 16.6 Å². The molecule has 1 amide bonds. The van der Waals surface area contributed by atoms with Crippen molar-refractivity contribution >= 4 is 28.4 Å². The standard InChI is InChI=1S/C27H26ClN3O3/c1-19(30(17-8-18-34-2)26(32)20-9-4-3-5-10-20)25-29-24-12-7-6-11-23(24)27(33)31(25)22-15-13-21(28)14-16-22/h3-7,9-16,19H,8,17-18H2,1-2H3. The molecule has 0 radical (unpaired) electrons. The highest BCUT2D eigenvalue weighted by Gasteiger charge is 2.27. The molecule has 0 saturated carbocycles. The minimum atomic E-state index is -0.488. The number of aromatic nitrogens is 2. The van der Waals surface area contributed by atoms with E-state index in [1.54, 1.807) is 59.0 Å². The summed E-state index contributed by atoms with van der Waals surface area (Å²) in [5.41, 5.74) is 1.61. The molecule has 1 heterocycles. The van der Waals surface area contributed by atoms with Crippen molar-refractivity contribution in [2.24, 2.45) is 0 Å². The summed E-state index contributed by atoms with van der Waals surface area (Å²) in [6.07, 6.45) is 0.651. The maximum absolute atomic E-state index is 13.6. The first-order chi connectivity index (χ1) is 16.5. The molecule has 0 saturated heterocycles. The van der Waals surface area contributed by atoms with Crippen LogP contribution in [0.4, 0.5) is 0 Å². The number of hydrogen-bond donors (Lipinski definition) is 0. The van der Waals surface area contributed by atoms with Gasteiger partial charge in [-0.2, -0.15) is 0 Å². The summed E-state index contributed by atoms with van der Waals surface area (Å²) in [7, 11) is 1.63. The number of para-hydroxylation sites is 1. The first kappa shape index (κ1) is 23.7. The summed E-state index contributed by atoms with van der Waals surface area (Å²) in [6, 6.07) is 22.9. The molecule has 6 nitrogen and oxygen atoms in total. The van der Waals surface area contributed by atoms with E-state index in [1.807, 2.05) is 43.3 Å². The lowest BCUT2D eigenvalue weighted by Crippen LogP contribution is -2.38. The van der Waals surface area contributed by atoms with Gasteiger partial charge in [-0.3, -0.25) is 14.2 Å². The average molecular weight is 476 g/mol. The van der Waals surface area contributed by atoms with Crippen LogP contribution < -0.4 is 5.56 Å². The lowest BCUT2D eigenvalue weighted by atomic mass is 10.1. The summed E-state index contributed by atoms with van der Waals surface area (Å²) in [5, 5.41) is 1.08. The molecule has 1 atom stereocenters. The molecule has 1 aromatic heterocycles. The number of nitrogens with zero attached hydrogens (tertiary/aromatic N) is 3. The highest BCUT2D eigenvalue weighted by atomic mass is 35.5. The number of rotatable bonds is 8. The van der Waals surface area contributed by atoms with E-state index >= 15 is 0 Å². The van der Waals surface area contributed by atoms with E-state index < -0.39 is 6.04 Å². The average Bonchev–Trinajstić information content (AvgIpc) is 2.87. The maximum atomic E-state index is 13.6. The molecule has 3 aromatic carbocycles. The second-order valence-electron chi connectivity index (χ2n) is 7.99. The van der Waals surface area contributed by atoms with Crippen molar-refractivity contribution in [3.8, 4) is 5.69 Å². The van der Waals surface area contributed by atoms with E-state index in [0.29, 0.717) is 52.6 Å². The smallest absolute Gasteiger partial charge is 0.266 e. The number of ether oxygens (including phenoxy) is 1. The number of hydrogen-bond acceptors (Lipinski definition) is 4. The van der Waals surface area contributed by atoms with Crippen molar-refractivity contribution in [2.75, 3.05) is 20.3 Å². The van der Waals surface area contributed by atoms with Gasteiger partial charge < -0.3 is 9.64 Å². The Kier molecular flexibility index (Phi) is 7.40. The lowest BCUT2D eigenvalue weighted by molar-refractivity contribution is 0.0657. The zero-order valence-electron chi connectivity index (χ0n) is 19.1. The third kappa shape index (κ3) is 4.88. The fourth-order valence-electron chi connectivity index (χ4n) is 4.01. The lowest BCUT2D eigenvalue weighted by Gasteiger charge is -2.30. The number of halogens is 1. The Morgan fingerprint density at radius 2 is 1.71 bits per heavy atom. The second-order valence-corrected chi connectivity index (χ2v) is 8.43. The predicted molar refractivity (Wildman–Crippen MR) is 135 cm³/mol. The normalized spacial score (nSPS) is 12.0. The SMILES string of the molecule is COCCCN(C(=O)c1ccccc1)C(C)c1nc2ccccc2c(=O)n1-c1ccc(Cl)cc1. The van der Waals surface area contributed by atoms with Gasteiger partial charge in [-0.25, -0.2) is 4.98 Å². The highest BCUT2D eigenvalue weighted by Crippen LogP contribution is 2.25. The monoisotopic (exact) mass is 475 g/mol. The second kappa shape index (κ2) is 10.6. The minimum Gasteiger partial charge on any atom is -0.385 e. The van der Waals surface area contributed by atoms with Gasteiger partial charge in [0, 0.05) is 30.8 Å². The van der Waals surface area contributed by atoms with E-state index in [0.717, 1.165) is 0 Å². The fourth-order valence-corrected chi connectivity index (χ4v) is 4.13. The molecule has 0 N–H and O–H groups in total. The van der Waals surface area contributed by atoms with E-state index in [2.05, 4.69) is 0 Å². The van der Waals surface area contributed by atoms with Gasteiger partial charge in [-0.1, -0.05) is 41.9 Å². The zero-order valence-corrected chi connectivity index (χ0v) is 19.9. The van der Waals surface area contributed by atoms with Crippen LogP contribution in [0.15, 0.2) is 83.7 Å². The van der Waals surface area contributed by atoms with Crippen molar-refractivity contribution in [1.82, 2.24) is 14.5 Å². The molecule has 0 aliphatic carbocycles. The molecule has 0 spiro atoms. The van der Waals surface area contributed by atoms with Gasteiger partial charge in [0.1, 0.15) is 5.82 Å². The van der Waals surface area contributed by atoms with Crippen LogP contribution in [0, 0.1) is 0 Å². The van der Waals surface area contributed by atoms with Crippen molar-refractivity contribution in [1.29, 1.82) is 0 Å². The van der Waals surface area contributed by atoms with E-state index in [9.17, 15) is 9.59 Å². The largest absolute Gasteiger partial charge is 0.385 e. The van der Waals surface area contributed by atoms with Crippen LogP contribution in [0.2, 0.25) is 5.02 Å². The quantitative estimate of drug-likeness (QED) is 0.325. The number of carbonyl (C=O) groups is 1. The number of benzene rings is 3.